The number of hydrogen-bond donors (Lipinski definition) is 1. The van der Waals surface area contributed by atoms with Crippen molar-refractivity contribution in [2.75, 3.05) is 19.6 Å². The Morgan fingerprint density at radius 2 is 2.10 bits per heavy atom. The van der Waals surface area contributed by atoms with E-state index >= 15 is 0 Å². The molecule has 0 spiro atoms. The molecule has 0 aromatic rings. The van der Waals surface area contributed by atoms with Crippen LogP contribution in [-0.4, -0.2) is 36.1 Å². The van der Waals surface area contributed by atoms with Crippen molar-refractivity contribution in [3.8, 4) is 0 Å². The standard InChI is InChI=1S/C8H16N2/c1-8(2)3-4-10(8)7-5-9-6-7/h7,9H,3-6H2,1-2H3. The Morgan fingerprint density at radius 1 is 1.40 bits per heavy atom. The van der Waals surface area contributed by atoms with Gasteiger partial charge in [-0.25, -0.2) is 0 Å². The lowest BCUT2D eigenvalue weighted by atomic mass is 9.85. The van der Waals surface area contributed by atoms with E-state index < -0.39 is 0 Å². The summed E-state index contributed by atoms with van der Waals surface area (Å²) in [6.45, 7) is 8.43. The van der Waals surface area contributed by atoms with Crippen LogP contribution in [0.4, 0.5) is 0 Å². The van der Waals surface area contributed by atoms with Gasteiger partial charge in [0.05, 0.1) is 0 Å². The molecule has 0 unspecified atom stereocenters. The van der Waals surface area contributed by atoms with E-state index in [-0.39, 0.29) is 0 Å². The summed E-state index contributed by atoms with van der Waals surface area (Å²) in [6.07, 6.45) is 1.38. The second-order valence-electron chi connectivity index (χ2n) is 4.07. The maximum atomic E-state index is 3.31. The smallest absolute Gasteiger partial charge is 0.0350 e. The van der Waals surface area contributed by atoms with Crippen LogP contribution in [-0.2, 0) is 0 Å². The van der Waals surface area contributed by atoms with Crippen LogP contribution in [0.15, 0.2) is 0 Å². The van der Waals surface area contributed by atoms with Crippen molar-refractivity contribution >= 4 is 0 Å². The molecule has 2 aliphatic heterocycles. The Kier molecular flexibility index (Phi) is 1.29. The summed E-state index contributed by atoms with van der Waals surface area (Å²) in [4.78, 5) is 2.61. The number of hydrogen-bond acceptors (Lipinski definition) is 2. The van der Waals surface area contributed by atoms with Gasteiger partial charge in [0, 0.05) is 31.2 Å². The van der Waals surface area contributed by atoms with Crippen LogP contribution in [0, 0.1) is 0 Å². The molecule has 0 atom stereocenters. The van der Waals surface area contributed by atoms with Crippen molar-refractivity contribution in [2.45, 2.75) is 31.8 Å². The third-order valence-corrected chi connectivity index (χ3v) is 2.94. The highest BCUT2D eigenvalue weighted by Gasteiger charge is 2.41. The van der Waals surface area contributed by atoms with Crippen molar-refractivity contribution in [3.05, 3.63) is 0 Å². The van der Waals surface area contributed by atoms with Gasteiger partial charge in [-0.05, 0) is 20.3 Å². The molecule has 0 radical (unpaired) electrons. The third-order valence-electron chi connectivity index (χ3n) is 2.94. The summed E-state index contributed by atoms with van der Waals surface area (Å²) < 4.78 is 0. The molecule has 0 saturated carbocycles. The number of nitrogens with one attached hydrogen (secondary N) is 1. The first-order valence-corrected chi connectivity index (χ1v) is 4.18. The SMILES string of the molecule is CC1(C)CCN1C1CNC1. The van der Waals surface area contributed by atoms with E-state index in [1.54, 1.807) is 0 Å². The molecule has 0 bridgehead atoms. The summed E-state index contributed by atoms with van der Waals surface area (Å²) >= 11 is 0. The van der Waals surface area contributed by atoms with E-state index in [4.69, 9.17) is 0 Å². The minimum absolute atomic E-state index is 0.507. The Bertz CT molecular complexity index is 138. The van der Waals surface area contributed by atoms with Crippen LogP contribution in [0.1, 0.15) is 20.3 Å². The lowest BCUT2D eigenvalue weighted by molar-refractivity contribution is -0.0415. The molecule has 0 aromatic carbocycles. The number of nitrogens with zero attached hydrogens (tertiary/aromatic N) is 1. The highest BCUT2D eigenvalue weighted by molar-refractivity contribution is 4.99. The van der Waals surface area contributed by atoms with Gasteiger partial charge in [0.15, 0.2) is 0 Å². The Balaban J connectivity index is 1.93. The third kappa shape index (κ3) is 0.789. The zero-order valence-electron chi connectivity index (χ0n) is 6.85. The van der Waals surface area contributed by atoms with Gasteiger partial charge in [0.25, 0.3) is 0 Å². The monoisotopic (exact) mass is 140 g/mol. The predicted molar refractivity (Wildman–Crippen MR) is 42.1 cm³/mol. The van der Waals surface area contributed by atoms with Crippen molar-refractivity contribution in [1.29, 1.82) is 0 Å². The average molecular weight is 140 g/mol. The minimum Gasteiger partial charge on any atom is -0.314 e. The molecule has 2 saturated heterocycles. The van der Waals surface area contributed by atoms with Gasteiger partial charge in [0.2, 0.25) is 0 Å². The second kappa shape index (κ2) is 1.95. The molecule has 10 heavy (non-hydrogen) atoms. The zero-order valence-corrected chi connectivity index (χ0v) is 6.85. The fraction of sp³-hybridized carbons (Fsp3) is 1.00. The van der Waals surface area contributed by atoms with Gasteiger partial charge in [-0.3, -0.25) is 4.90 Å². The molecular weight excluding hydrogens is 124 g/mol. The highest BCUT2D eigenvalue weighted by Crippen LogP contribution is 2.32. The van der Waals surface area contributed by atoms with Crippen LogP contribution >= 0.6 is 0 Å². The summed E-state index contributed by atoms with van der Waals surface area (Å²) in [5.74, 6) is 0. The number of likely N-dealkylation sites (tertiary alicyclic amines) is 1. The first-order chi connectivity index (χ1) is 4.70. The van der Waals surface area contributed by atoms with Crippen LogP contribution in [0.5, 0.6) is 0 Å². The first-order valence-electron chi connectivity index (χ1n) is 4.18. The molecule has 2 heteroatoms. The molecular formula is C8H16N2. The van der Waals surface area contributed by atoms with Crippen molar-refractivity contribution in [1.82, 2.24) is 10.2 Å². The van der Waals surface area contributed by atoms with E-state index in [2.05, 4.69) is 24.1 Å². The number of rotatable bonds is 1. The summed E-state index contributed by atoms with van der Waals surface area (Å²) in [6, 6.07) is 0.851. The quantitative estimate of drug-likeness (QED) is 0.568. The maximum absolute atomic E-state index is 3.31. The molecule has 58 valence electrons. The van der Waals surface area contributed by atoms with Crippen molar-refractivity contribution in [3.63, 3.8) is 0 Å². The van der Waals surface area contributed by atoms with Gasteiger partial charge < -0.3 is 5.32 Å². The van der Waals surface area contributed by atoms with Gasteiger partial charge in [-0.15, -0.1) is 0 Å². The second-order valence-corrected chi connectivity index (χ2v) is 4.07. The molecule has 0 amide bonds. The first kappa shape index (κ1) is 6.62. The average Bonchev–Trinajstić information content (AvgIpc) is 1.76. The van der Waals surface area contributed by atoms with Crippen LogP contribution in [0.2, 0.25) is 0 Å². The molecule has 2 rings (SSSR count). The molecule has 2 heterocycles. The summed E-state index contributed by atoms with van der Waals surface area (Å²) in [5, 5.41) is 3.31. The predicted octanol–water partition coefficient (Wildman–Crippen LogP) is 0.442. The topological polar surface area (TPSA) is 15.3 Å². The van der Waals surface area contributed by atoms with Crippen LogP contribution in [0.25, 0.3) is 0 Å². The highest BCUT2D eigenvalue weighted by atomic mass is 15.3. The fourth-order valence-corrected chi connectivity index (χ4v) is 1.86. The van der Waals surface area contributed by atoms with Gasteiger partial charge >= 0.3 is 0 Å². The van der Waals surface area contributed by atoms with E-state index in [9.17, 15) is 0 Å². The van der Waals surface area contributed by atoms with E-state index in [0.29, 0.717) is 5.54 Å². The minimum atomic E-state index is 0.507. The largest absolute Gasteiger partial charge is 0.314 e. The molecule has 1 N–H and O–H groups in total. The summed E-state index contributed by atoms with van der Waals surface area (Å²) in [5.41, 5.74) is 0.507. The van der Waals surface area contributed by atoms with E-state index in [1.807, 2.05) is 0 Å². The molecule has 0 aliphatic carbocycles. The molecule has 2 aliphatic rings. The van der Waals surface area contributed by atoms with Gasteiger partial charge in [-0.1, -0.05) is 0 Å². The molecule has 2 nitrogen and oxygen atoms in total. The fourth-order valence-electron chi connectivity index (χ4n) is 1.86. The Hall–Kier alpha value is -0.0800. The maximum Gasteiger partial charge on any atom is 0.0350 e. The lowest BCUT2D eigenvalue weighted by Gasteiger charge is -2.55. The Labute approximate surface area is 62.6 Å². The van der Waals surface area contributed by atoms with Crippen LogP contribution < -0.4 is 5.32 Å². The Morgan fingerprint density at radius 3 is 2.20 bits per heavy atom. The summed E-state index contributed by atoms with van der Waals surface area (Å²) in [7, 11) is 0. The van der Waals surface area contributed by atoms with Gasteiger partial charge in [-0.2, -0.15) is 0 Å². The van der Waals surface area contributed by atoms with Gasteiger partial charge in [0.1, 0.15) is 0 Å². The van der Waals surface area contributed by atoms with E-state index in [0.717, 1.165) is 6.04 Å². The zero-order chi connectivity index (χ0) is 7.19. The normalized spacial score (nSPS) is 33.0. The van der Waals surface area contributed by atoms with Crippen molar-refractivity contribution in [2.24, 2.45) is 0 Å². The van der Waals surface area contributed by atoms with Crippen LogP contribution in [0.3, 0.4) is 0 Å². The van der Waals surface area contributed by atoms with E-state index in [1.165, 1.54) is 26.1 Å². The molecule has 0 aromatic heterocycles. The molecule has 2 fully saturated rings. The van der Waals surface area contributed by atoms with Crippen molar-refractivity contribution < 1.29 is 0 Å². The lowest BCUT2D eigenvalue weighted by Crippen LogP contribution is -2.68.